The van der Waals surface area contributed by atoms with Crippen LogP contribution in [-0.4, -0.2) is 47.1 Å². The molecular weight excluding hydrogens is 446 g/mol. The molecule has 28 heavy (non-hydrogen) atoms. The van der Waals surface area contributed by atoms with Gasteiger partial charge >= 0.3 is 0 Å². The van der Waals surface area contributed by atoms with Gasteiger partial charge in [-0.3, -0.25) is 0 Å². The summed E-state index contributed by atoms with van der Waals surface area (Å²) in [5, 5.41) is 0. The van der Waals surface area contributed by atoms with E-state index in [-0.39, 0.29) is 11.4 Å². The lowest BCUT2D eigenvalue weighted by Gasteiger charge is -2.27. The molecule has 3 rings (SSSR count). The van der Waals surface area contributed by atoms with Crippen molar-refractivity contribution in [3.05, 3.63) is 52.5 Å². The van der Waals surface area contributed by atoms with Crippen LogP contribution in [0.1, 0.15) is 12.0 Å². The first-order chi connectivity index (χ1) is 13.4. The molecule has 1 heterocycles. The van der Waals surface area contributed by atoms with Crippen molar-refractivity contribution in [2.24, 2.45) is 0 Å². The first-order valence-corrected chi connectivity index (χ1v) is 10.9. The first kappa shape index (κ1) is 20.7. The number of hydrogen-bond acceptors (Lipinski definition) is 5. The van der Waals surface area contributed by atoms with Gasteiger partial charge in [0.15, 0.2) is 0 Å². The molecule has 0 amide bonds. The highest BCUT2D eigenvalue weighted by molar-refractivity contribution is 9.10. The molecule has 0 N–H and O–H groups in total. The third kappa shape index (κ3) is 4.04. The van der Waals surface area contributed by atoms with Gasteiger partial charge < -0.3 is 14.2 Å². The SMILES string of the molecule is COc1cc(OC)c(C2=CCN(S(=O)(=O)c3cccc(Br)c3)CC2)c(OC)c1. The van der Waals surface area contributed by atoms with Crippen LogP contribution in [0.15, 0.2) is 51.8 Å². The van der Waals surface area contributed by atoms with Crippen LogP contribution in [0, 0.1) is 0 Å². The summed E-state index contributed by atoms with van der Waals surface area (Å²) < 4.78 is 44.4. The summed E-state index contributed by atoms with van der Waals surface area (Å²) in [5.74, 6) is 1.89. The summed E-state index contributed by atoms with van der Waals surface area (Å²) in [6.45, 7) is 0.654. The van der Waals surface area contributed by atoms with Crippen LogP contribution in [0.4, 0.5) is 0 Å². The average Bonchev–Trinajstić information content (AvgIpc) is 2.72. The van der Waals surface area contributed by atoms with Crippen molar-refractivity contribution in [2.75, 3.05) is 34.4 Å². The summed E-state index contributed by atoms with van der Waals surface area (Å²) in [6.07, 6.45) is 2.46. The Morgan fingerprint density at radius 2 is 1.68 bits per heavy atom. The molecule has 0 aliphatic carbocycles. The molecule has 0 saturated heterocycles. The standard InChI is InChI=1S/C20H22BrNO5S/c1-25-16-12-18(26-2)20(19(13-16)27-3)14-7-9-22(10-8-14)28(23,24)17-6-4-5-15(21)11-17/h4-7,11-13H,8-10H2,1-3H3. The second-order valence-electron chi connectivity index (χ2n) is 6.21. The molecule has 1 aliphatic rings. The first-order valence-electron chi connectivity index (χ1n) is 8.66. The summed E-state index contributed by atoms with van der Waals surface area (Å²) >= 11 is 3.33. The Kier molecular flexibility index (Phi) is 6.32. The fraction of sp³-hybridized carbons (Fsp3) is 0.300. The molecule has 1 aliphatic heterocycles. The van der Waals surface area contributed by atoms with Gasteiger partial charge in [0.1, 0.15) is 17.2 Å². The lowest BCUT2D eigenvalue weighted by Crippen LogP contribution is -2.34. The molecule has 6 nitrogen and oxygen atoms in total. The van der Waals surface area contributed by atoms with E-state index in [4.69, 9.17) is 14.2 Å². The number of hydrogen-bond donors (Lipinski definition) is 0. The number of halogens is 1. The molecule has 0 aromatic heterocycles. The fourth-order valence-electron chi connectivity index (χ4n) is 3.19. The Labute approximate surface area is 173 Å². The van der Waals surface area contributed by atoms with E-state index in [1.54, 1.807) is 57.7 Å². The molecule has 2 aromatic rings. The number of methoxy groups -OCH3 is 3. The van der Waals surface area contributed by atoms with Gasteiger partial charge in [0, 0.05) is 29.7 Å². The van der Waals surface area contributed by atoms with Crippen LogP contribution < -0.4 is 14.2 Å². The van der Waals surface area contributed by atoms with Crippen LogP contribution in [0.2, 0.25) is 0 Å². The maximum absolute atomic E-state index is 12.9. The lowest BCUT2D eigenvalue weighted by atomic mass is 9.98. The fourth-order valence-corrected chi connectivity index (χ4v) is 5.17. The molecule has 150 valence electrons. The van der Waals surface area contributed by atoms with Crippen LogP contribution in [-0.2, 0) is 10.0 Å². The third-order valence-electron chi connectivity index (χ3n) is 4.64. The van der Waals surface area contributed by atoms with Crippen molar-refractivity contribution >= 4 is 31.5 Å². The third-order valence-corrected chi connectivity index (χ3v) is 7.00. The minimum Gasteiger partial charge on any atom is -0.496 e. The summed E-state index contributed by atoms with van der Waals surface area (Å²) in [5.41, 5.74) is 1.81. The molecule has 0 fully saturated rings. The van der Waals surface area contributed by atoms with Crippen molar-refractivity contribution in [1.82, 2.24) is 4.31 Å². The Hall–Kier alpha value is -2.03. The molecule has 8 heteroatoms. The number of rotatable bonds is 6. The van der Waals surface area contributed by atoms with E-state index < -0.39 is 10.0 Å². The van der Waals surface area contributed by atoms with Crippen molar-refractivity contribution in [2.45, 2.75) is 11.3 Å². The zero-order valence-electron chi connectivity index (χ0n) is 15.9. The molecule has 0 bridgehead atoms. The molecule has 2 aromatic carbocycles. The van der Waals surface area contributed by atoms with Crippen molar-refractivity contribution < 1.29 is 22.6 Å². The molecule has 0 unspecified atom stereocenters. The van der Waals surface area contributed by atoms with Gasteiger partial charge in [-0.1, -0.05) is 28.1 Å². The van der Waals surface area contributed by atoms with Crippen LogP contribution in [0.25, 0.3) is 5.57 Å². The Bertz CT molecular complexity index is 978. The molecular formula is C20H22BrNO5S. The Morgan fingerprint density at radius 1 is 1.00 bits per heavy atom. The van der Waals surface area contributed by atoms with Gasteiger partial charge in [-0.15, -0.1) is 0 Å². The van der Waals surface area contributed by atoms with Gasteiger partial charge in [-0.25, -0.2) is 8.42 Å². The quantitative estimate of drug-likeness (QED) is 0.643. The zero-order chi connectivity index (χ0) is 20.3. The number of sulfonamides is 1. The summed E-state index contributed by atoms with van der Waals surface area (Å²) in [4.78, 5) is 0.276. The minimum absolute atomic E-state index is 0.276. The van der Waals surface area contributed by atoms with E-state index in [9.17, 15) is 8.42 Å². The normalized spacial score (nSPS) is 15.1. The second kappa shape index (κ2) is 8.55. The van der Waals surface area contributed by atoms with Gasteiger partial charge in [-0.05, 0) is 30.2 Å². The van der Waals surface area contributed by atoms with E-state index in [1.165, 1.54) is 4.31 Å². The zero-order valence-corrected chi connectivity index (χ0v) is 18.3. The maximum atomic E-state index is 12.9. The van der Waals surface area contributed by atoms with E-state index in [2.05, 4.69) is 15.9 Å². The molecule has 0 radical (unpaired) electrons. The predicted molar refractivity (Wildman–Crippen MR) is 112 cm³/mol. The second-order valence-corrected chi connectivity index (χ2v) is 9.06. The van der Waals surface area contributed by atoms with Crippen LogP contribution in [0.3, 0.4) is 0 Å². The maximum Gasteiger partial charge on any atom is 0.243 e. The van der Waals surface area contributed by atoms with E-state index in [0.717, 1.165) is 15.6 Å². The number of ether oxygens (including phenoxy) is 3. The highest BCUT2D eigenvalue weighted by Crippen LogP contribution is 2.41. The van der Waals surface area contributed by atoms with Crippen LogP contribution in [0.5, 0.6) is 17.2 Å². The summed E-state index contributed by atoms with van der Waals surface area (Å²) in [6, 6.07) is 10.3. The van der Waals surface area contributed by atoms with E-state index in [0.29, 0.717) is 30.2 Å². The Morgan fingerprint density at radius 3 is 2.18 bits per heavy atom. The van der Waals surface area contributed by atoms with E-state index >= 15 is 0 Å². The smallest absolute Gasteiger partial charge is 0.243 e. The van der Waals surface area contributed by atoms with Crippen LogP contribution >= 0.6 is 15.9 Å². The monoisotopic (exact) mass is 467 g/mol. The van der Waals surface area contributed by atoms with E-state index in [1.807, 2.05) is 6.08 Å². The average molecular weight is 468 g/mol. The van der Waals surface area contributed by atoms with Gasteiger partial charge in [0.2, 0.25) is 10.0 Å². The topological polar surface area (TPSA) is 65.1 Å². The number of benzene rings is 2. The molecule has 0 atom stereocenters. The highest BCUT2D eigenvalue weighted by Gasteiger charge is 2.28. The van der Waals surface area contributed by atoms with Crippen molar-refractivity contribution in [3.63, 3.8) is 0 Å². The highest BCUT2D eigenvalue weighted by atomic mass is 79.9. The molecule has 0 spiro atoms. The van der Waals surface area contributed by atoms with Gasteiger partial charge in [0.25, 0.3) is 0 Å². The van der Waals surface area contributed by atoms with Gasteiger partial charge in [0.05, 0.1) is 31.8 Å². The van der Waals surface area contributed by atoms with Gasteiger partial charge in [-0.2, -0.15) is 4.31 Å². The largest absolute Gasteiger partial charge is 0.496 e. The lowest BCUT2D eigenvalue weighted by molar-refractivity contribution is 0.372. The Balaban J connectivity index is 1.92. The minimum atomic E-state index is -3.56. The predicted octanol–water partition coefficient (Wildman–Crippen LogP) is 3.95. The van der Waals surface area contributed by atoms with Crippen molar-refractivity contribution in [1.29, 1.82) is 0 Å². The van der Waals surface area contributed by atoms with Crippen molar-refractivity contribution in [3.8, 4) is 17.2 Å². The number of nitrogens with zero attached hydrogens (tertiary/aromatic N) is 1. The summed E-state index contributed by atoms with van der Waals surface area (Å²) in [7, 11) is 1.20. The molecule has 0 saturated carbocycles.